The molecule has 2 atom stereocenters. The van der Waals surface area contributed by atoms with Crippen LogP contribution in [0.4, 0.5) is 0 Å². The Balaban J connectivity index is 1.78. The fourth-order valence-corrected chi connectivity index (χ4v) is 4.34. The zero-order valence-electron chi connectivity index (χ0n) is 11.9. The smallest absolute Gasteiger partial charge is 0.0896 e. The molecule has 1 aromatic heterocycles. The van der Waals surface area contributed by atoms with Gasteiger partial charge in [0.1, 0.15) is 0 Å². The maximum Gasteiger partial charge on any atom is 0.0896 e. The Labute approximate surface area is 119 Å². The van der Waals surface area contributed by atoms with Crippen LogP contribution >= 0.6 is 11.3 Å². The second-order valence-corrected chi connectivity index (χ2v) is 7.36. The molecule has 1 aliphatic heterocycles. The number of nitrogens with zero attached hydrogens (tertiary/aromatic N) is 1. The Morgan fingerprint density at radius 3 is 3.00 bits per heavy atom. The SMILES string of the molecule is CCNCC1(Cc2cnc(C)s2)CCOC1C1CC1. The van der Waals surface area contributed by atoms with Crippen LogP contribution in [0.15, 0.2) is 6.20 Å². The van der Waals surface area contributed by atoms with Gasteiger partial charge in [0.25, 0.3) is 0 Å². The molecule has 2 aliphatic rings. The predicted octanol–water partition coefficient (Wildman–Crippen LogP) is 2.79. The van der Waals surface area contributed by atoms with Gasteiger partial charge in [0.15, 0.2) is 0 Å². The highest BCUT2D eigenvalue weighted by Crippen LogP contribution is 2.49. The van der Waals surface area contributed by atoms with Crippen LogP contribution in [-0.4, -0.2) is 30.8 Å². The quantitative estimate of drug-likeness (QED) is 0.870. The van der Waals surface area contributed by atoms with Gasteiger partial charge in [-0.1, -0.05) is 6.92 Å². The van der Waals surface area contributed by atoms with E-state index in [2.05, 4.69) is 30.3 Å². The fraction of sp³-hybridized carbons (Fsp3) is 0.800. The monoisotopic (exact) mass is 280 g/mol. The molecule has 2 heterocycles. The Morgan fingerprint density at radius 2 is 2.37 bits per heavy atom. The lowest BCUT2D eigenvalue weighted by Gasteiger charge is -2.34. The summed E-state index contributed by atoms with van der Waals surface area (Å²) in [7, 11) is 0. The lowest BCUT2D eigenvalue weighted by molar-refractivity contribution is 0.0312. The molecule has 2 unspecified atom stereocenters. The van der Waals surface area contributed by atoms with E-state index in [0.717, 1.165) is 32.0 Å². The number of aromatic nitrogens is 1. The number of aryl methyl sites for hydroxylation is 1. The maximum absolute atomic E-state index is 6.11. The molecule has 1 saturated heterocycles. The zero-order chi connectivity index (χ0) is 13.3. The summed E-state index contributed by atoms with van der Waals surface area (Å²) in [5.41, 5.74) is 0.302. The van der Waals surface area contributed by atoms with E-state index in [1.807, 2.05) is 11.3 Å². The van der Waals surface area contributed by atoms with Crippen molar-refractivity contribution in [3.05, 3.63) is 16.1 Å². The van der Waals surface area contributed by atoms with E-state index in [1.54, 1.807) is 0 Å². The summed E-state index contributed by atoms with van der Waals surface area (Å²) in [5.74, 6) is 0.815. The van der Waals surface area contributed by atoms with E-state index in [0.29, 0.717) is 11.5 Å². The zero-order valence-corrected chi connectivity index (χ0v) is 12.8. The van der Waals surface area contributed by atoms with Gasteiger partial charge in [0.05, 0.1) is 11.1 Å². The highest BCUT2D eigenvalue weighted by molar-refractivity contribution is 7.11. The van der Waals surface area contributed by atoms with Crippen LogP contribution in [0.1, 0.15) is 36.1 Å². The highest BCUT2D eigenvalue weighted by atomic mass is 32.1. The summed E-state index contributed by atoms with van der Waals surface area (Å²) >= 11 is 1.85. The topological polar surface area (TPSA) is 34.2 Å². The van der Waals surface area contributed by atoms with Gasteiger partial charge in [-0.3, -0.25) is 0 Å². The Hall–Kier alpha value is -0.450. The molecular formula is C15H24N2OS. The number of hydrogen-bond donors (Lipinski definition) is 1. The highest BCUT2D eigenvalue weighted by Gasteiger charge is 2.50. The summed E-state index contributed by atoms with van der Waals surface area (Å²) in [5, 5.41) is 4.75. The van der Waals surface area contributed by atoms with Gasteiger partial charge < -0.3 is 10.1 Å². The molecular weight excluding hydrogens is 256 g/mol. The summed E-state index contributed by atoms with van der Waals surface area (Å²) in [6.07, 6.45) is 7.58. The molecule has 1 aromatic rings. The molecule has 3 nitrogen and oxygen atoms in total. The van der Waals surface area contributed by atoms with Gasteiger partial charge in [0, 0.05) is 29.6 Å². The van der Waals surface area contributed by atoms with Crippen molar-refractivity contribution in [1.82, 2.24) is 10.3 Å². The van der Waals surface area contributed by atoms with Gasteiger partial charge in [-0.15, -0.1) is 11.3 Å². The minimum atomic E-state index is 0.302. The summed E-state index contributed by atoms with van der Waals surface area (Å²) in [6, 6.07) is 0. The van der Waals surface area contributed by atoms with Gasteiger partial charge >= 0.3 is 0 Å². The van der Waals surface area contributed by atoms with Crippen molar-refractivity contribution in [2.75, 3.05) is 19.7 Å². The third kappa shape index (κ3) is 2.86. The normalized spacial score (nSPS) is 30.9. The molecule has 3 rings (SSSR count). The van der Waals surface area contributed by atoms with E-state index in [9.17, 15) is 0 Å². The number of thiazole rings is 1. The van der Waals surface area contributed by atoms with Crippen molar-refractivity contribution in [2.45, 2.75) is 45.6 Å². The average Bonchev–Trinajstić information content (AvgIpc) is 3.04. The van der Waals surface area contributed by atoms with Crippen LogP contribution in [0, 0.1) is 18.3 Å². The van der Waals surface area contributed by atoms with Crippen molar-refractivity contribution in [1.29, 1.82) is 0 Å². The minimum Gasteiger partial charge on any atom is -0.377 e. The molecule has 0 aromatic carbocycles. The van der Waals surface area contributed by atoms with Crippen molar-refractivity contribution < 1.29 is 4.74 Å². The first-order valence-electron chi connectivity index (χ1n) is 7.47. The second-order valence-electron chi connectivity index (χ2n) is 6.04. The third-order valence-corrected chi connectivity index (χ3v) is 5.39. The molecule has 0 bridgehead atoms. The predicted molar refractivity (Wildman–Crippen MR) is 78.6 cm³/mol. The van der Waals surface area contributed by atoms with Gasteiger partial charge in [-0.2, -0.15) is 0 Å². The molecule has 0 spiro atoms. The van der Waals surface area contributed by atoms with Crippen LogP contribution in [0.5, 0.6) is 0 Å². The number of nitrogens with one attached hydrogen (secondary N) is 1. The largest absolute Gasteiger partial charge is 0.377 e. The molecule has 1 N–H and O–H groups in total. The van der Waals surface area contributed by atoms with E-state index in [-0.39, 0.29) is 0 Å². The van der Waals surface area contributed by atoms with Crippen LogP contribution in [-0.2, 0) is 11.2 Å². The lowest BCUT2D eigenvalue weighted by atomic mass is 9.75. The van der Waals surface area contributed by atoms with Crippen molar-refractivity contribution >= 4 is 11.3 Å². The molecule has 0 radical (unpaired) electrons. The average molecular weight is 280 g/mol. The summed E-state index contributed by atoms with van der Waals surface area (Å²) < 4.78 is 6.11. The first-order valence-corrected chi connectivity index (χ1v) is 8.29. The molecule has 19 heavy (non-hydrogen) atoms. The fourth-order valence-electron chi connectivity index (χ4n) is 3.39. The van der Waals surface area contributed by atoms with Crippen molar-refractivity contribution in [2.24, 2.45) is 11.3 Å². The van der Waals surface area contributed by atoms with Crippen LogP contribution in [0.25, 0.3) is 0 Å². The Morgan fingerprint density at radius 1 is 1.53 bits per heavy atom. The summed E-state index contributed by atoms with van der Waals surface area (Å²) in [6.45, 7) is 7.34. The molecule has 1 saturated carbocycles. The number of rotatable bonds is 6. The summed E-state index contributed by atoms with van der Waals surface area (Å²) in [4.78, 5) is 5.84. The maximum atomic E-state index is 6.11. The minimum absolute atomic E-state index is 0.302. The van der Waals surface area contributed by atoms with Crippen molar-refractivity contribution in [3.8, 4) is 0 Å². The van der Waals surface area contributed by atoms with Crippen LogP contribution < -0.4 is 5.32 Å². The number of hydrogen-bond acceptors (Lipinski definition) is 4. The van der Waals surface area contributed by atoms with E-state index in [1.165, 1.54) is 29.1 Å². The lowest BCUT2D eigenvalue weighted by Crippen LogP contribution is -2.43. The third-order valence-electron chi connectivity index (χ3n) is 4.47. The second kappa shape index (κ2) is 5.51. The molecule has 1 aliphatic carbocycles. The molecule has 2 fully saturated rings. The van der Waals surface area contributed by atoms with E-state index in [4.69, 9.17) is 4.74 Å². The standard InChI is InChI=1S/C15H24N2OS/c1-3-16-10-15(8-13-9-17-11(2)19-13)6-7-18-14(15)12-4-5-12/h9,12,14,16H,3-8,10H2,1-2H3. The molecule has 0 amide bonds. The number of ether oxygens (including phenoxy) is 1. The molecule has 106 valence electrons. The van der Waals surface area contributed by atoms with Crippen molar-refractivity contribution in [3.63, 3.8) is 0 Å². The van der Waals surface area contributed by atoms with Crippen LogP contribution in [0.2, 0.25) is 0 Å². The molecule has 4 heteroatoms. The van der Waals surface area contributed by atoms with E-state index < -0.39 is 0 Å². The van der Waals surface area contributed by atoms with Gasteiger partial charge in [0.2, 0.25) is 0 Å². The van der Waals surface area contributed by atoms with Gasteiger partial charge in [-0.05, 0) is 45.1 Å². The first kappa shape index (κ1) is 13.5. The van der Waals surface area contributed by atoms with E-state index >= 15 is 0 Å². The Bertz CT molecular complexity index is 430. The Kier molecular flexibility index (Phi) is 3.92. The van der Waals surface area contributed by atoms with Gasteiger partial charge in [-0.25, -0.2) is 4.98 Å². The van der Waals surface area contributed by atoms with Crippen LogP contribution in [0.3, 0.4) is 0 Å². The first-order chi connectivity index (χ1) is 9.23.